The van der Waals surface area contributed by atoms with Gasteiger partial charge in [0.15, 0.2) is 0 Å². The molecule has 0 radical (unpaired) electrons. The Balaban J connectivity index is 1.81. The monoisotopic (exact) mass is 339 g/mol. The van der Waals surface area contributed by atoms with Crippen molar-refractivity contribution in [1.29, 1.82) is 0 Å². The molecule has 0 saturated heterocycles. The van der Waals surface area contributed by atoms with Crippen molar-refractivity contribution in [1.82, 2.24) is 4.90 Å². The zero-order valence-electron chi connectivity index (χ0n) is 10.6. The van der Waals surface area contributed by atoms with Crippen molar-refractivity contribution in [3.8, 4) is 0 Å². The van der Waals surface area contributed by atoms with Gasteiger partial charge < -0.3 is 9.32 Å². The second-order valence-electron chi connectivity index (χ2n) is 4.77. The number of carbonyl (C=O) groups is 1. The lowest BCUT2D eigenvalue weighted by molar-refractivity contribution is 0.0721. The van der Waals surface area contributed by atoms with E-state index in [2.05, 4.69) is 15.9 Å². The van der Waals surface area contributed by atoms with Crippen molar-refractivity contribution < 1.29 is 9.21 Å². The largest absolute Gasteiger partial charge is 0.464 e. The van der Waals surface area contributed by atoms with Crippen LogP contribution >= 0.6 is 27.3 Å². The molecule has 0 atom stereocenters. The average molecular weight is 340 g/mol. The van der Waals surface area contributed by atoms with E-state index in [0.717, 1.165) is 33.7 Å². The van der Waals surface area contributed by atoms with Crippen LogP contribution in [0.2, 0.25) is 0 Å². The van der Waals surface area contributed by atoms with Crippen LogP contribution in [0.5, 0.6) is 0 Å². The topological polar surface area (TPSA) is 33.5 Å². The third kappa shape index (κ3) is 2.77. The van der Waals surface area contributed by atoms with E-state index in [9.17, 15) is 4.79 Å². The Labute approximate surface area is 124 Å². The first kappa shape index (κ1) is 12.9. The third-order valence-corrected chi connectivity index (χ3v) is 5.01. The number of hydrogen-bond donors (Lipinski definition) is 0. The molecular weight excluding hydrogens is 326 g/mol. The molecule has 1 saturated carbocycles. The maximum Gasteiger partial charge on any atom is 0.265 e. The fourth-order valence-corrected chi connectivity index (χ4v) is 3.56. The summed E-state index contributed by atoms with van der Waals surface area (Å²) in [5.41, 5.74) is 0. The van der Waals surface area contributed by atoms with E-state index in [1.807, 2.05) is 35.4 Å². The van der Waals surface area contributed by atoms with Gasteiger partial charge >= 0.3 is 0 Å². The van der Waals surface area contributed by atoms with E-state index in [-0.39, 0.29) is 5.91 Å². The first-order valence-corrected chi connectivity index (χ1v) is 7.91. The first-order chi connectivity index (χ1) is 9.15. The van der Waals surface area contributed by atoms with Crippen molar-refractivity contribution in [2.45, 2.75) is 32.4 Å². The summed E-state index contributed by atoms with van der Waals surface area (Å²) in [5, 5.41) is 1.93. The SMILES string of the molecule is Cc1ccc(CN(C(=O)c2sccc2Br)C2CC2)o1. The molecule has 1 aliphatic carbocycles. The molecule has 100 valence electrons. The van der Waals surface area contributed by atoms with Crippen molar-refractivity contribution >= 4 is 33.2 Å². The van der Waals surface area contributed by atoms with Crippen LogP contribution in [0, 0.1) is 6.92 Å². The lowest BCUT2D eigenvalue weighted by atomic mass is 10.3. The molecule has 0 spiro atoms. The maximum absolute atomic E-state index is 12.6. The minimum absolute atomic E-state index is 0.0958. The quantitative estimate of drug-likeness (QED) is 0.835. The fraction of sp³-hybridized carbons (Fsp3) is 0.357. The Morgan fingerprint density at radius 3 is 2.79 bits per heavy atom. The Bertz CT molecular complexity index is 600. The van der Waals surface area contributed by atoms with Crippen LogP contribution in [0.1, 0.15) is 34.0 Å². The van der Waals surface area contributed by atoms with Gasteiger partial charge in [0.25, 0.3) is 5.91 Å². The van der Waals surface area contributed by atoms with Gasteiger partial charge in [0.05, 0.1) is 6.54 Å². The summed E-state index contributed by atoms with van der Waals surface area (Å²) in [6.45, 7) is 2.48. The fourth-order valence-electron chi connectivity index (χ4n) is 2.07. The zero-order valence-corrected chi connectivity index (χ0v) is 13.0. The molecule has 3 rings (SSSR count). The van der Waals surface area contributed by atoms with Crippen LogP contribution < -0.4 is 0 Å². The lowest BCUT2D eigenvalue weighted by Gasteiger charge is -2.20. The van der Waals surface area contributed by atoms with E-state index >= 15 is 0 Å². The molecule has 1 fully saturated rings. The highest BCUT2D eigenvalue weighted by atomic mass is 79.9. The van der Waals surface area contributed by atoms with Crippen LogP contribution in [-0.2, 0) is 6.54 Å². The molecule has 1 amide bonds. The third-order valence-electron chi connectivity index (χ3n) is 3.18. The Morgan fingerprint density at radius 1 is 1.47 bits per heavy atom. The summed E-state index contributed by atoms with van der Waals surface area (Å²) >= 11 is 4.91. The Morgan fingerprint density at radius 2 is 2.26 bits per heavy atom. The zero-order chi connectivity index (χ0) is 13.4. The van der Waals surface area contributed by atoms with Gasteiger partial charge in [-0.15, -0.1) is 11.3 Å². The number of aryl methyl sites for hydroxylation is 1. The summed E-state index contributed by atoms with van der Waals surface area (Å²) in [7, 11) is 0. The van der Waals surface area contributed by atoms with Crippen LogP contribution in [0.3, 0.4) is 0 Å². The smallest absolute Gasteiger partial charge is 0.265 e. The van der Waals surface area contributed by atoms with E-state index in [0.29, 0.717) is 12.6 Å². The molecule has 2 aromatic heterocycles. The second-order valence-corrected chi connectivity index (χ2v) is 6.54. The molecule has 0 unspecified atom stereocenters. The molecule has 2 aromatic rings. The molecule has 0 aliphatic heterocycles. The number of thiophene rings is 1. The van der Waals surface area contributed by atoms with Gasteiger partial charge in [-0.3, -0.25) is 4.79 Å². The van der Waals surface area contributed by atoms with Crippen molar-refractivity contribution in [2.75, 3.05) is 0 Å². The van der Waals surface area contributed by atoms with E-state index in [4.69, 9.17) is 4.42 Å². The molecule has 1 aliphatic rings. The van der Waals surface area contributed by atoms with Crippen molar-refractivity contribution in [3.05, 3.63) is 44.4 Å². The predicted molar refractivity (Wildman–Crippen MR) is 78.4 cm³/mol. The molecule has 0 bridgehead atoms. The Kier molecular flexibility index (Phi) is 3.50. The standard InChI is InChI=1S/C14H14BrNO2S/c1-9-2-5-11(18-9)8-16(10-3-4-10)14(17)13-12(15)6-7-19-13/h2,5-7,10H,3-4,8H2,1H3. The van der Waals surface area contributed by atoms with Gasteiger partial charge in [0.1, 0.15) is 16.4 Å². The van der Waals surface area contributed by atoms with Gasteiger partial charge in [-0.1, -0.05) is 0 Å². The van der Waals surface area contributed by atoms with Crippen LogP contribution in [0.15, 0.2) is 32.5 Å². The highest BCUT2D eigenvalue weighted by Gasteiger charge is 2.34. The summed E-state index contributed by atoms with van der Waals surface area (Å²) in [4.78, 5) is 15.3. The molecular formula is C14H14BrNO2S. The molecule has 5 heteroatoms. The number of furan rings is 1. The summed E-state index contributed by atoms with van der Waals surface area (Å²) in [6.07, 6.45) is 2.18. The highest BCUT2D eigenvalue weighted by Crippen LogP contribution is 2.33. The van der Waals surface area contributed by atoms with E-state index in [1.54, 1.807) is 0 Å². The number of amides is 1. The number of halogens is 1. The molecule has 0 aromatic carbocycles. The molecule has 19 heavy (non-hydrogen) atoms. The highest BCUT2D eigenvalue weighted by molar-refractivity contribution is 9.10. The average Bonchev–Trinajstić information content (AvgIpc) is 3.01. The van der Waals surface area contributed by atoms with Gasteiger partial charge in [-0.2, -0.15) is 0 Å². The maximum atomic E-state index is 12.6. The summed E-state index contributed by atoms with van der Waals surface area (Å²) in [6, 6.07) is 6.17. The minimum atomic E-state index is 0.0958. The number of nitrogens with zero attached hydrogens (tertiary/aromatic N) is 1. The lowest BCUT2D eigenvalue weighted by Crippen LogP contribution is -2.32. The summed E-state index contributed by atoms with van der Waals surface area (Å²) in [5.74, 6) is 1.83. The summed E-state index contributed by atoms with van der Waals surface area (Å²) < 4.78 is 6.47. The minimum Gasteiger partial charge on any atom is -0.464 e. The van der Waals surface area contributed by atoms with Crippen LogP contribution in [0.25, 0.3) is 0 Å². The predicted octanol–water partition coefficient (Wildman–Crippen LogP) is 4.22. The van der Waals surface area contributed by atoms with E-state index in [1.165, 1.54) is 11.3 Å². The molecule has 0 N–H and O–H groups in total. The second kappa shape index (κ2) is 5.13. The van der Waals surface area contributed by atoms with Gasteiger partial charge in [0, 0.05) is 10.5 Å². The normalized spacial score (nSPS) is 14.6. The van der Waals surface area contributed by atoms with Crippen molar-refractivity contribution in [3.63, 3.8) is 0 Å². The number of hydrogen-bond acceptors (Lipinski definition) is 3. The van der Waals surface area contributed by atoms with E-state index < -0.39 is 0 Å². The first-order valence-electron chi connectivity index (χ1n) is 6.24. The molecule has 3 nitrogen and oxygen atoms in total. The Hall–Kier alpha value is -1.07. The van der Waals surface area contributed by atoms with Crippen LogP contribution in [-0.4, -0.2) is 16.8 Å². The van der Waals surface area contributed by atoms with Crippen LogP contribution in [0.4, 0.5) is 0 Å². The number of rotatable bonds is 4. The van der Waals surface area contributed by atoms with Gasteiger partial charge in [-0.05, 0) is 59.3 Å². The van der Waals surface area contributed by atoms with Gasteiger partial charge in [-0.25, -0.2) is 0 Å². The van der Waals surface area contributed by atoms with Gasteiger partial charge in [0.2, 0.25) is 0 Å². The molecule has 2 heterocycles. The van der Waals surface area contributed by atoms with Crippen molar-refractivity contribution in [2.24, 2.45) is 0 Å². The number of carbonyl (C=O) groups excluding carboxylic acids is 1.